The molecule has 0 amide bonds. The molecule has 2 N–H and O–H groups in total. The van der Waals surface area contributed by atoms with Crippen LogP contribution in [-0.4, -0.2) is 23.5 Å². The molecule has 0 bridgehead atoms. The van der Waals surface area contributed by atoms with Gasteiger partial charge < -0.3 is 10.6 Å². The van der Waals surface area contributed by atoms with E-state index < -0.39 is 0 Å². The van der Waals surface area contributed by atoms with Crippen LogP contribution in [0.3, 0.4) is 0 Å². The summed E-state index contributed by atoms with van der Waals surface area (Å²) in [5.41, 5.74) is 9.18. The molecule has 1 saturated heterocycles. The smallest absolute Gasteiger partial charge is 0.0192 e. The Morgan fingerprint density at radius 3 is 2.50 bits per heavy atom. The summed E-state index contributed by atoms with van der Waals surface area (Å²) in [6.45, 7) is 8.64. The summed E-state index contributed by atoms with van der Waals surface area (Å²) < 4.78 is 0. The lowest BCUT2D eigenvalue weighted by molar-refractivity contribution is 0.184. The van der Waals surface area contributed by atoms with Gasteiger partial charge in [-0.25, -0.2) is 0 Å². The van der Waals surface area contributed by atoms with Crippen molar-refractivity contribution in [1.29, 1.82) is 0 Å². The average molecular weight is 272 g/mol. The molecule has 1 heterocycles. The largest absolute Gasteiger partial charge is 0.375 e. The Morgan fingerprint density at radius 1 is 1.25 bits per heavy atom. The van der Waals surface area contributed by atoms with Gasteiger partial charge in [0.2, 0.25) is 0 Å². The van der Waals surface area contributed by atoms with Crippen molar-refractivity contribution in [2.75, 3.05) is 13.1 Å². The Morgan fingerprint density at radius 2 is 1.90 bits per heavy atom. The number of piperidine rings is 1. The lowest BCUT2D eigenvalue weighted by Crippen LogP contribution is -2.49. The highest BCUT2D eigenvalue weighted by molar-refractivity contribution is 5.16. The number of hydrogen-bond acceptors (Lipinski definition) is 2. The maximum absolute atomic E-state index is 6.44. The first-order valence-corrected chi connectivity index (χ1v) is 7.88. The van der Waals surface area contributed by atoms with E-state index in [0.29, 0.717) is 0 Å². The molecule has 1 aliphatic rings. The van der Waals surface area contributed by atoms with Crippen LogP contribution in [0.5, 0.6) is 0 Å². The number of allylic oxidation sites excluding steroid dienone is 1. The molecule has 0 unspecified atom stereocenters. The van der Waals surface area contributed by atoms with Gasteiger partial charge in [0.15, 0.2) is 0 Å². The van der Waals surface area contributed by atoms with Crippen LogP contribution in [-0.2, 0) is 6.42 Å². The van der Waals surface area contributed by atoms with Crippen molar-refractivity contribution in [3.63, 3.8) is 0 Å². The van der Waals surface area contributed by atoms with Crippen LogP contribution in [0.2, 0.25) is 0 Å². The second kappa shape index (κ2) is 6.94. The van der Waals surface area contributed by atoms with Crippen molar-refractivity contribution in [1.82, 2.24) is 4.90 Å². The molecule has 0 radical (unpaired) electrons. The van der Waals surface area contributed by atoms with Gasteiger partial charge in [0, 0.05) is 24.3 Å². The molecular weight excluding hydrogens is 244 g/mol. The maximum Gasteiger partial charge on any atom is 0.0192 e. The maximum atomic E-state index is 6.44. The normalized spacial score (nSPS) is 18.0. The summed E-state index contributed by atoms with van der Waals surface area (Å²) >= 11 is 0. The third kappa shape index (κ3) is 4.11. The van der Waals surface area contributed by atoms with Crippen LogP contribution in [0.4, 0.5) is 0 Å². The number of hydrogen-bond donors (Lipinski definition) is 1. The second-order valence-corrected chi connectivity index (χ2v) is 6.15. The van der Waals surface area contributed by atoms with Gasteiger partial charge in [-0.05, 0) is 37.7 Å². The quantitative estimate of drug-likeness (QED) is 0.855. The van der Waals surface area contributed by atoms with Gasteiger partial charge in [-0.2, -0.15) is 0 Å². The lowest BCUT2D eigenvalue weighted by atomic mass is 9.84. The SMILES string of the molecule is C=C(CCc1ccccc1)N1CCC(N)(CCC)CC1. The standard InChI is InChI=1S/C18H28N2/c1-3-11-18(19)12-14-20(15-13-18)16(2)9-10-17-7-5-4-6-8-17/h4-8H,2-3,9-15,19H2,1H3. The van der Waals surface area contributed by atoms with Crippen molar-refractivity contribution >= 4 is 0 Å². The predicted octanol–water partition coefficient (Wildman–Crippen LogP) is 3.73. The van der Waals surface area contributed by atoms with Gasteiger partial charge in [0.1, 0.15) is 0 Å². The number of benzene rings is 1. The van der Waals surface area contributed by atoms with Crippen LogP contribution in [0, 0.1) is 0 Å². The molecule has 1 aliphatic heterocycles. The summed E-state index contributed by atoms with van der Waals surface area (Å²) in [6.07, 6.45) is 6.67. The van der Waals surface area contributed by atoms with E-state index in [9.17, 15) is 0 Å². The first kappa shape index (κ1) is 15.1. The molecule has 0 spiro atoms. The Bertz CT molecular complexity index is 416. The van der Waals surface area contributed by atoms with Crippen LogP contribution in [0.25, 0.3) is 0 Å². The molecule has 20 heavy (non-hydrogen) atoms. The van der Waals surface area contributed by atoms with Crippen LogP contribution in [0.1, 0.15) is 44.6 Å². The summed E-state index contributed by atoms with van der Waals surface area (Å²) in [5, 5.41) is 0. The third-order valence-corrected chi connectivity index (χ3v) is 4.50. The van der Waals surface area contributed by atoms with E-state index in [1.165, 1.54) is 17.7 Å². The van der Waals surface area contributed by atoms with E-state index in [0.717, 1.165) is 45.2 Å². The monoisotopic (exact) mass is 272 g/mol. The highest BCUT2D eigenvalue weighted by Gasteiger charge is 2.29. The minimum Gasteiger partial charge on any atom is -0.375 e. The predicted molar refractivity (Wildman–Crippen MR) is 86.5 cm³/mol. The molecule has 0 aromatic heterocycles. The third-order valence-electron chi connectivity index (χ3n) is 4.50. The van der Waals surface area contributed by atoms with Crippen molar-refractivity contribution in [2.45, 2.75) is 51.0 Å². The van der Waals surface area contributed by atoms with E-state index in [4.69, 9.17) is 5.73 Å². The zero-order valence-electron chi connectivity index (χ0n) is 12.8. The zero-order valence-corrected chi connectivity index (χ0v) is 12.8. The highest BCUT2D eigenvalue weighted by atomic mass is 15.1. The van der Waals surface area contributed by atoms with Gasteiger partial charge in [-0.15, -0.1) is 0 Å². The Balaban J connectivity index is 1.77. The number of nitrogens with two attached hydrogens (primary N) is 1. The number of likely N-dealkylation sites (tertiary alicyclic amines) is 1. The molecule has 1 aromatic rings. The summed E-state index contributed by atoms with van der Waals surface area (Å²) in [7, 11) is 0. The molecule has 0 atom stereocenters. The van der Waals surface area contributed by atoms with E-state index >= 15 is 0 Å². The van der Waals surface area contributed by atoms with Gasteiger partial charge in [0.25, 0.3) is 0 Å². The first-order chi connectivity index (χ1) is 9.63. The first-order valence-electron chi connectivity index (χ1n) is 7.88. The van der Waals surface area contributed by atoms with E-state index in [1.54, 1.807) is 0 Å². The second-order valence-electron chi connectivity index (χ2n) is 6.15. The molecule has 2 heteroatoms. The van der Waals surface area contributed by atoms with Gasteiger partial charge in [-0.3, -0.25) is 0 Å². The van der Waals surface area contributed by atoms with Crippen molar-refractivity contribution in [2.24, 2.45) is 5.73 Å². The average Bonchev–Trinajstić information content (AvgIpc) is 2.47. The van der Waals surface area contributed by atoms with Crippen LogP contribution < -0.4 is 5.73 Å². The molecule has 1 aromatic carbocycles. The topological polar surface area (TPSA) is 29.3 Å². The Labute approximate surface area is 123 Å². The molecule has 0 aliphatic carbocycles. The number of aryl methyl sites for hydroxylation is 1. The van der Waals surface area contributed by atoms with Crippen LogP contribution >= 0.6 is 0 Å². The minimum absolute atomic E-state index is 0.0744. The molecule has 2 rings (SSSR count). The molecular formula is C18H28N2. The molecule has 1 fully saturated rings. The van der Waals surface area contributed by atoms with Gasteiger partial charge in [0.05, 0.1) is 0 Å². The van der Waals surface area contributed by atoms with Crippen LogP contribution in [0.15, 0.2) is 42.6 Å². The summed E-state index contributed by atoms with van der Waals surface area (Å²) in [6, 6.07) is 10.7. The Kier molecular flexibility index (Phi) is 5.24. The highest BCUT2D eigenvalue weighted by Crippen LogP contribution is 2.27. The van der Waals surface area contributed by atoms with E-state index in [-0.39, 0.29) is 5.54 Å². The van der Waals surface area contributed by atoms with Crippen molar-refractivity contribution < 1.29 is 0 Å². The van der Waals surface area contributed by atoms with E-state index in [1.807, 2.05) is 0 Å². The fourth-order valence-corrected chi connectivity index (χ4v) is 3.11. The molecule has 0 saturated carbocycles. The summed E-state index contributed by atoms with van der Waals surface area (Å²) in [4.78, 5) is 2.43. The Hall–Kier alpha value is -1.28. The fourth-order valence-electron chi connectivity index (χ4n) is 3.11. The number of nitrogens with zero attached hydrogens (tertiary/aromatic N) is 1. The van der Waals surface area contributed by atoms with E-state index in [2.05, 4.69) is 48.7 Å². The summed E-state index contributed by atoms with van der Waals surface area (Å²) in [5.74, 6) is 0. The fraction of sp³-hybridized carbons (Fsp3) is 0.556. The van der Waals surface area contributed by atoms with Crippen molar-refractivity contribution in [3.05, 3.63) is 48.2 Å². The van der Waals surface area contributed by atoms with Crippen molar-refractivity contribution in [3.8, 4) is 0 Å². The van der Waals surface area contributed by atoms with Gasteiger partial charge in [-0.1, -0.05) is 50.3 Å². The zero-order chi connectivity index (χ0) is 14.4. The molecule has 110 valence electrons. The number of rotatable bonds is 6. The minimum atomic E-state index is 0.0744. The molecule has 2 nitrogen and oxygen atoms in total. The lowest BCUT2D eigenvalue weighted by Gasteiger charge is -2.41. The van der Waals surface area contributed by atoms with Gasteiger partial charge >= 0.3 is 0 Å².